The first kappa shape index (κ1) is 11.5. The zero-order valence-electron chi connectivity index (χ0n) is 9.96. The van der Waals surface area contributed by atoms with Gasteiger partial charge in [0.05, 0.1) is 23.7 Å². The van der Waals surface area contributed by atoms with E-state index in [4.69, 9.17) is 4.74 Å². The molecule has 94 valence electrons. The van der Waals surface area contributed by atoms with E-state index in [0.29, 0.717) is 18.0 Å². The molecule has 0 bridgehead atoms. The van der Waals surface area contributed by atoms with Crippen LogP contribution in [0.4, 0.5) is 5.69 Å². The molecule has 0 saturated heterocycles. The van der Waals surface area contributed by atoms with Crippen LogP contribution < -0.4 is 4.31 Å². The number of sulfonamides is 1. The first-order valence-electron chi connectivity index (χ1n) is 5.69. The van der Waals surface area contributed by atoms with Gasteiger partial charge in [0.1, 0.15) is 0 Å². The summed E-state index contributed by atoms with van der Waals surface area (Å²) in [4.78, 5) is 0.395. The lowest BCUT2D eigenvalue weighted by Gasteiger charge is -2.17. The summed E-state index contributed by atoms with van der Waals surface area (Å²) in [7, 11) is -1.85. The van der Waals surface area contributed by atoms with Crippen LogP contribution >= 0.6 is 0 Å². The average Bonchev–Trinajstić information content (AvgIpc) is 2.59. The van der Waals surface area contributed by atoms with E-state index in [1.165, 1.54) is 4.31 Å². The van der Waals surface area contributed by atoms with Crippen LogP contribution in [0.3, 0.4) is 0 Å². The Morgan fingerprint density at radius 1 is 1.17 bits per heavy atom. The van der Waals surface area contributed by atoms with Gasteiger partial charge in [0.2, 0.25) is 0 Å². The molecule has 0 amide bonds. The molecule has 0 unspecified atom stereocenters. The normalized spacial score (nSPS) is 16.4. The van der Waals surface area contributed by atoms with Crippen LogP contribution in [-0.4, -0.2) is 28.7 Å². The van der Waals surface area contributed by atoms with Crippen molar-refractivity contribution < 1.29 is 13.2 Å². The van der Waals surface area contributed by atoms with Gasteiger partial charge in [-0.1, -0.05) is 24.3 Å². The van der Waals surface area contributed by atoms with Crippen molar-refractivity contribution in [3.63, 3.8) is 0 Å². The summed E-state index contributed by atoms with van der Waals surface area (Å²) in [6.45, 7) is 0.718. The third kappa shape index (κ3) is 1.44. The van der Waals surface area contributed by atoms with Gasteiger partial charge in [-0.15, -0.1) is 0 Å². The quantitative estimate of drug-likeness (QED) is 0.851. The molecule has 0 fully saturated rings. The lowest BCUT2D eigenvalue weighted by Crippen LogP contribution is -2.30. The van der Waals surface area contributed by atoms with Crippen LogP contribution in [-0.2, 0) is 14.8 Å². The fraction of sp³-hybridized carbons (Fsp3) is 0.231. The van der Waals surface area contributed by atoms with Crippen LogP contribution in [0.2, 0.25) is 0 Å². The first-order chi connectivity index (χ1) is 8.66. The van der Waals surface area contributed by atoms with Crippen LogP contribution in [0.15, 0.2) is 41.3 Å². The molecule has 0 N–H and O–H groups in total. The Hall–Kier alpha value is -1.59. The molecule has 0 aliphatic carbocycles. The molecule has 2 aromatic carbocycles. The van der Waals surface area contributed by atoms with E-state index in [9.17, 15) is 8.42 Å². The zero-order chi connectivity index (χ0) is 12.8. The van der Waals surface area contributed by atoms with E-state index in [-0.39, 0.29) is 0 Å². The number of anilines is 1. The van der Waals surface area contributed by atoms with Crippen molar-refractivity contribution >= 4 is 26.5 Å². The van der Waals surface area contributed by atoms with Gasteiger partial charge >= 0.3 is 0 Å². The summed E-state index contributed by atoms with van der Waals surface area (Å²) in [6, 6.07) is 11.0. The number of hydrogen-bond donors (Lipinski definition) is 0. The minimum absolute atomic E-state index is 0.340. The van der Waals surface area contributed by atoms with E-state index >= 15 is 0 Å². The second kappa shape index (κ2) is 3.96. The summed E-state index contributed by atoms with van der Waals surface area (Å²) in [5, 5.41) is 1.77. The van der Waals surface area contributed by atoms with Gasteiger partial charge in [-0.3, -0.25) is 4.31 Å². The lowest BCUT2D eigenvalue weighted by molar-refractivity contribution is 0.208. The highest BCUT2D eigenvalue weighted by Crippen LogP contribution is 2.41. The summed E-state index contributed by atoms with van der Waals surface area (Å²) in [6.07, 6.45) is 0. The van der Waals surface area contributed by atoms with Gasteiger partial charge in [-0.2, -0.15) is 0 Å². The SMILES string of the molecule is COCCN1c2cccc3cccc(c23)S1(=O)=O. The Bertz CT molecular complexity index is 704. The highest BCUT2D eigenvalue weighted by molar-refractivity contribution is 7.93. The Balaban J connectivity index is 2.27. The van der Waals surface area contributed by atoms with Crippen molar-refractivity contribution in [2.45, 2.75) is 4.90 Å². The Morgan fingerprint density at radius 3 is 2.61 bits per heavy atom. The fourth-order valence-corrected chi connectivity index (χ4v) is 4.07. The number of rotatable bonds is 3. The Kier molecular flexibility index (Phi) is 2.53. The number of nitrogens with zero attached hydrogens (tertiary/aromatic N) is 1. The predicted octanol–water partition coefficient (Wildman–Crippen LogP) is 1.99. The highest BCUT2D eigenvalue weighted by atomic mass is 32.2. The highest BCUT2D eigenvalue weighted by Gasteiger charge is 2.34. The second-order valence-electron chi connectivity index (χ2n) is 4.20. The molecule has 0 saturated carbocycles. The van der Waals surface area contributed by atoms with Crippen molar-refractivity contribution in [3.8, 4) is 0 Å². The van der Waals surface area contributed by atoms with Gasteiger partial charge in [-0.05, 0) is 17.5 Å². The lowest BCUT2D eigenvalue weighted by atomic mass is 10.1. The minimum atomic E-state index is -3.42. The van der Waals surface area contributed by atoms with Crippen molar-refractivity contribution in [1.82, 2.24) is 0 Å². The molecular weight excluding hydrogens is 250 g/mol. The third-order valence-electron chi connectivity index (χ3n) is 3.18. The largest absolute Gasteiger partial charge is 0.383 e. The molecule has 3 rings (SSSR count). The molecular formula is C13H13NO3S. The molecule has 0 atom stereocenters. The molecule has 0 radical (unpaired) electrons. The van der Waals surface area contributed by atoms with Crippen LogP contribution in [0.5, 0.6) is 0 Å². The maximum absolute atomic E-state index is 12.4. The summed E-state index contributed by atoms with van der Waals surface area (Å²) >= 11 is 0. The van der Waals surface area contributed by atoms with E-state index in [2.05, 4.69) is 0 Å². The Labute approximate surface area is 106 Å². The van der Waals surface area contributed by atoms with Crippen LogP contribution in [0.1, 0.15) is 0 Å². The Morgan fingerprint density at radius 2 is 1.89 bits per heavy atom. The fourth-order valence-electron chi connectivity index (χ4n) is 2.37. The van der Waals surface area contributed by atoms with Gasteiger partial charge in [-0.25, -0.2) is 8.42 Å². The van der Waals surface area contributed by atoms with E-state index in [1.807, 2.05) is 24.3 Å². The number of ether oxygens (including phenoxy) is 1. The van der Waals surface area contributed by atoms with Gasteiger partial charge in [0.15, 0.2) is 0 Å². The van der Waals surface area contributed by atoms with Crippen LogP contribution in [0.25, 0.3) is 10.8 Å². The smallest absolute Gasteiger partial charge is 0.265 e. The van der Waals surface area contributed by atoms with E-state index in [0.717, 1.165) is 16.5 Å². The van der Waals surface area contributed by atoms with Gasteiger partial charge in [0.25, 0.3) is 10.0 Å². The van der Waals surface area contributed by atoms with Crippen molar-refractivity contribution in [1.29, 1.82) is 0 Å². The maximum Gasteiger partial charge on any atom is 0.265 e. The average molecular weight is 263 g/mol. The molecule has 1 aliphatic rings. The van der Waals surface area contributed by atoms with Crippen molar-refractivity contribution in [3.05, 3.63) is 36.4 Å². The van der Waals surface area contributed by atoms with Crippen molar-refractivity contribution in [2.24, 2.45) is 0 Å². The topological polar surface area (TPSA) is 46.6 Å². The molecule has 4 nitrogen and oxygen atoms in total. The third-order valence-corrected chi connectivity index (χ3v) is 5.04. The van der Waals surface area contributed by atoms with Gasteiger partial charge in [0, 0.05) is 12.5 Å². The standard InChI is InChI=1S/C13H13NO3S/c1-17-9-8-14-11-6-2-4-10-5-3-7-12(13(10)11)18(14,15)16/h2-7H,8-9H2,1H3. The molecule has 5 heteroatoms. The summed E-state index contributed by atoms with van der Waals surface area (Å²) in [5.74, 6) is 0. The van der Waals surface area contributed by atoms with E-state index in [1.54, 1.807) is 19.2 Å². The molecule has 0 aromatic heterocycles. The summed E-state index contributed by atoms with van der Waals surface area (Å²) < 4.78 is 31.3. The van der Waals surface area contributed by atoms with Gasteiger partial charge < -0.3 is 4.74 Å². The van der Waals surface area contributed by atoms with Crippen LogP contribution in [0, 0.1) is 0 Å². The zero-order valence-corrected chi connectivity index (χ0v) is 10.8. The molecule has 18 heavy (non-hydrogen) atoms. The first-order valence-corrected chi connectivity index (χ1v) is 7.13. The molecule has 1 heterocycles. The number of benzene rings is 2. The molecule has 0 spiro atoms. The second-order valence-corrected chi connectivity index (χ2v) is 6.03. The molecule has 1 aliphatic heterocycles. The number of methoxy groups -OCH3 is 1. The number of hydrogen-bond acceptors (Lipinski definition) is 3. The minimum Gasteiger partial charge on any atom is -0.383 e. The maximum atomic E-state index is 12.4. The molecule has 2 aromatic rings. The summed E-state index contributed by atoms with van der Waals surface area (Å²) in [5.41, 5.74) is 0.750. The van der Waals surface area contributed by atoms with E-state index < -0.39 is 10.0 Å². The monoisotopic (exact) mass is 263 g/mol. The predicted molar refractivity (Wildman–Crippen MR) is 70.4 cm³/mol. The van der Waals surface area contributed by atoms with Crippen molar-refractivity contribution in [2.75, 3.05) is 24.6 Å².